The fourth-order valence-corrected chi connectivity index (χ4v) is 3.67. The number of hydrogen-bond acceptors (Lipinski definition) is 4. The molecule has 0 radical (unpaired) electrons. The van der Waals surface area contributed by atoms with Crippen LogP contribution in [-0.4, -0.2) is 4.98 Å². The zero-order valence-electron chi connectivity index (χ0n) is 15.2. The van der Waals surface area contributed by atoms with Gasteiger partial charge in [0.2, 0.25) is 0 Å². The largest absolute Gasteiger partial charge is 0.360 e. The van der Waals surface area contributed by atoms with Gasteiger partial charge in [0.05, 0.1) is 5.69 Å². The number of benzene rings is 2. The van der Waals surface area contributed by atoms with Crippen LogP contribution in [0.25, 0.3) is 16.8 Å². The van der Waals surface area contributed by atoms with Crippen LogP contribution >= 0.6 is 22.9 Å². The summed E-state index contributed by atoms with van der Waals surface area (Å²) in [6.45, 7) is 4.43. The van der Waals surface area contributed by atoms with Crippen molar-refractivity contribution in [2.24, 2.45) is 5.92 Å². The van der Waals surface area contributed by atoms with Crippen LogP contribution in [0.1, 0.15) is 24.4 Å². The lowest BCUT2D eigenvalue weighted by molar-refractivity contribution is 0.647. The molecule has 0 saturated heterocycles. The normalized spacial score (nSPS) is 11.4. The third-order valence-corrected chi connectivity index (χ3v) is 5.07. The molecule has 3 nitrogen and oxygen atoms in total. The van der Waals surface area contributed by atoms with E-state index in [1.807, 2.05) is 17.5 Å². The maximum absolute atomic E-state index is 9.49. The van der Waals surface area contributed by atoms with Gasteiger partial charge in [-0.1, -0.05) is 55.8 Å². The molecular weight excluding hydrogens is 374 g/mol. The van der Waals surface area contributed by atoms with Gasteiger partial charge in [0, 0.05) is 27.9 Å². The standard InChI is InChI=1S/C22H20ClN3S/c1-15(2)10-16-6-8-17(9-7-16)21-14-27-22(26-21)18(12-24)13-25-20-5-3-4-19(23)11-20/h3-9,11,13-15,25H,10H2,1-2H3/b18-13+. The first-order valence-corrected chi connectivity index (χ1v) is 9.98. The van der Waals surface area contributed by atoms with E-state index < -0.39 is 0 Å². The average Bonchev–Trinajstić information content (AvgIpc) is 3.12. The summed E-state index contributed by atoms with van der Waals surface area (Å²) in [6.07, 6.45) is 2.74. The average molecular weight is 394 g/mol. The molecule has 3 rings (SSSR count). The number of aromatic nitrogens is 1. The molecule has 0 aliphatic carbocycles. The van der Waals surface area contributed by atoms with Gasteiger partial charge < -0.3 is 5.32 Å². The van der Waals surface area contributed by atoms with Crippen LogP contribution in [-0.2, 0) is 6.42 Å². The van der Waals surface area contributed by atoms with Crippen molar-refractivity contribution >= 4 is 34.2 Å². The Morgan fingerprint density at radius 2 is 2.04 bits per heavy atom. The topological polar surface area (TPSA) is 48.7 Å². The molecule has 0 aliphatic rings. The highest BCUT2D eigenvalue weighted by molar-refractivity contribution is 7.11. The Morgan fingerprint density at radius 1 is 1.26 bits per heavy atom. The number of nitrogens with one attached hydrogen (secondary N) is 1. The summed E-state index contributed by atoms with van der Waals surface area (Å²) >= 11 is 7.45. The third kappa shape index (κ3) is 5.19. The Hall–Kier alpha value is -2.61. The van der Waals surface area contributed by atoms with E-state index >= 15 is 0 Å². The molecule has 2 aromatic carbocycles. The molecule has 1 heterocycles. The molecule has 0 atom stereocenters. The first kappa shape index (κ1) is 19.2. The van der Waals surface area contributed by atoms with Crippen molar-refractivity contribution in [3.63, 3.8) is 0 Å². The summed E-state index contributed by atoms with van der Waals surface area (Å²) in [7, 11) is 0. The summed E-state index contributed by atoms with van der Waals surface area (Å²) in [5, 5.41) is 15.9. The van der Waals surface area contributed by atoms with Gasteiger partial charge in [-0.2, -0.15) is 5.26 Å². The van der Waals surface area contributed by atoms with Gasteiger partial charge in [-0.25, -0.2) is 4.98 Å². The third-order valence-electron chi connectivity index (χ3n) is 3.96. The van der Waals surface area contributed by atoms with Crippen molar-refractivity contribution in [3.8, 4) is 17.3 Å². The van der Waals surface area contributed by atoms with Gasteiger partial charge >= 0.3 is 0 Å². The number of rotatable bonds is 6. The van der Waals surface area contributed by atoms with Crippen LogP contribution in [0.15, 0.2) is 60.1 Å². The zero-order valence-corrected chi connectivity index (χ0v) is 16.8. The minimum atomic E-state index is 0.489. The quantitative estimate of drug-likeness (QED) is 0.477. The maximum atomic E-state index is 9.49. The summed E-state index contributed by atoms with van der Waals surface area (Å²) < 4.78 is 0. The van der Waals surface area contributed by atoms with Crippen LogP contribution in [0.5, 0.6) is 0 Å². The first-order valence-electron chi connectivity index (χ1n) is 8.72. The van der Waals surface area contributed by atoms with Crippen LogP contribution in [0.2, 0.25) is 5.02 Å². The Labute approximate surface area is 169 Å². The molecular formula is C22H20ClN3S. The van der Waals surface area contributed by atoms with Crippen LogP contribution in [0.3, 0.4) is 0 Å². The molecule has 0 spiro atoms. The van der Waals surface area contributed by atoms with Crippen LogP contribution in [0, 0.1) is 17.2 Å². The van der Waals surface area contributed by atoms with E-state index in [4.69, 9.17) is 11.6 Å². The molecule has 0 aliphatic heterocycles. The lowest BCUT2D eigenvalue weighted by atomic mass is 10.0. The number of halogens is 1. The van der Waals surface area contributed by atoms with E-state index in [1.165, 1.54) is 16.9 Å². The lowest BCUT2D eigenvalue weighted by Gasteiger charge is -2.05. The Morgan fingerprint density at radius 3 is 2.70 bits per heavy atom. The van der Waals surface area contributed by atoms with E-state index in [0.29, 0.717) is 21.5 Å². The molecule has 0 saturated carbocycles. The predicted molar refractivity (Wildman–Crippen MR) is 115 cm³/mol. The van der Waals surface area contributed by atoms with Crippen molar-refractivity contribution in [3.05, 3.63) is 75.7 Å². The Kier molecular flexibility index (Phi) is 6.28. The van der Waals surface area contributed by atoms with Gasteiger partial charge in [-0.3, -0.25) is 0 Å². The molecule has 5 heteroatoms. The molecule has 0 unspecified atom stereocenters. The lowest BCUT2D eigenvalue weighted by Crippen LogP contribution is -1.93. The molecule has 1 N–H and O–H groups in total. The first-order chi connectivity index (χ1) is 13.0. The Balaban J connectivity index is 1.77. The number of allylic oxidation sites excluding steroid dienone is 1. The number of anilines is 1. The summed E-state index contributed by atoms with van der Waals surface area (Å²) in [5.41, 5.74) is 4.59. The SMILES string of the molecule is CC(C)Cc1ccc(-c2csc(/C(C#N)=C/Nc3cccc(Cl)c3)n2)cc1. The van der Waals surface area contributed by atoms with E-state index in [-0.39, 0.29) is 0 Å². The number of nitriles is 1. The molecule has 0 amide bonds. The van der Waals surface area contributed by atoms with Crippen molar-refractivity contribution in [1.82, 2.24) is 4.98 Å². The number of thiazole rings is 1. The second kappa shape index (κ2) is 8.85. The number of nitrogens with zero attached hydrogens (tertiary/aromatic N) is 2. The van der Waals surface area contributed by atoms with E-state index in [0.717, 1.165) is 23.4 Å². The van der Waals surface area contributed by atoms with Crippen LogP contribution in [0.4, 0.5) is 5.69 Å². The highest BCUT2D eigenvalue weighted by atomic mass is 35.5. The molecule has 0 bridgehead atoms. The Bertz CT molecular complexity index is 981. The summed E-state index contributed by atoms with van der Waals surface area (Å²) in [4.78, 5) is 4.63. The molecule has 27 heavy (non-hydrogen) atoms. The van der Waals surface area contributed by atoms with Crippen molar-refractivity contribution in [2.75, 3.05) is 5.32 Å². The second-order valence-electron chi connectivity index (χ2n) is 6.66. The fraction of sp³-hybridized carbons (Fsp3) is 0.182. The van der Waals surface area contributed by atoms with Crippen LogP contribution < -0.4 is 5.32 Å². The van der Waals surface area contributed by atoms with Gasteiger partial charge in [-0.15, -0.1) is 11.3 Å². The summed E-state index contributed by atoms with van der Waals surface area (Å²) in [5.74, 6) is 0.636. The number of hydrogen-bond donors (Lipinski definition) is 1. The van der Waals surface area contributed by atoms with Crippen molar-refractivity contribution in [1.29, 1.82) is 5.26 Å². The highest BCUT2D eigenvalue weighted by Gasteiger charge is 2.09. The highest BCUT2D eigenvalue weighted by Crippen LogP contribution is 2.27. The molecule has 136 valence electrons. The van der Waals surface area contributed by atoms with Crippen molar-refractivity contribution < 1.29 is 0 Å². The molecule has 0 fully saturated rings. The zero-order chi connectivity index (χ0) is 19.2. The minimum Gasteiger partial charge on any atom is -0.360 e. The van der Waals surface area contributed by atoms with Crippen molar-refractivity contribution in [2.45, 2.75) is 20.3 Å². The molecule has 1 aromatic heterocycles. The summed E-state index contributed by atoms with van der Waals surface area (Å²) in [6, 6.07) is 18.1. The molecule has 3 aromatic rings. The van der Waals surface area contributed by atoms with Gasteiger partial charge in [0.1, 0.15) is 16.6 Å². The van der Waals surface area contributed by atoms with E-state index in [1.54, 1.807) is 18.3 Å². The second-order valence-corrected chi connectivity index (χ2v) is 7.95. The predicted octanol–water partition coefficient (Wildman–Crippen LogP) is 6.64. The smallest absolute Gasteiger partial charge is 0.136 e. The fourth-order valence-electron chi connectivity index (χ4n) is 2.69. The monoisotopic (exact) mass is 393 g/mol. The maximum Gasteiger partial charge on any atom is 0.136 e. The minimum absolute atomic E-state index is 0.489. The van der Waals surface area contributed by atoms with Gasteiger partial charge in [0.15, 0.2) is 0 Å². The van der Waals surface area contributed by atoms with Gasteiger partial charge in [0.25, 0.3) is 0 Å². The van der Waals surface area contributed by atoms with E-state index in [9.17, 15) is 5.26 Å². The van der Waals surface area contributed by atoms with E-state index in [2.05, 4.69) is 54.5 Å². The van der Waals surface area contributed by atoms with Gasteiger partial charge in [-0.05, 0) is 36.1 Å².